The van der Waals surface area contributed by atoms with Gasteiger partial charge in [0.25, 0.3) is 0 Å². The van der Waals surface area contributed by atoms with Crippen LogP contribution in [0.2, 0.25) is 0 Å². The third-order valence-electron chi connectivity index (χ3n) is 2.68. The molecular weight excluding hydrogens is 324 g/mol. The van der Waals surface area contributed by atoms with Gasteiger partial charge in [0.05, 0.1) is 11.9 Å². The van der Waals surface area contributed by atoms with Crippen LogP contribution in [-0.2, 0) is 0 Å². The van der Waals surface area contributed by atoms with Gasteiger partial charge in [0.1, 0.15) is 10.8 Å². The zero-order valence-corrected chi connectivity index (χ0v) is 13.1. The van der Waals surface area contributed by atoms with Gasteiger partial charge in [-0.3, -0.25) is 0 Å². The van der Waals surface area contributed by atoms with Gasteiger partial charge in [0.2, 0.25) is 0 Å². The number of hydrogen-bond acceptors (Lipinski definition) is 3. The van der Waals surface area contributed by atoms with Crippen molar-refractivity contribution in [3.63, 3.8) is 0 Å². The minimum atomic E-state index is 0.276. The number of aromatic nitrogens is 2. The highest BCUT2D eigenvalue weighted by Gasteiger charge is 2.12. The van der Waals surface area contributed by atoms with Gasteiger partial charge in [0, 0.05) is 22.1 Å². The van der Waals surface area contributed by atoms with Crippen molar-refractivity contribution in [1.29, 1.82) is 0 Å². The van der Waals surface area contributed by atoms with Gasteiger partial charge in [-0.15, -0.1) is 0 Å². The van der Waals surface area contributed by atoms with Crippen molar-refractivity contribution < 1.29 is 0 Å². The smallest absolute Gasteiger partial charge is 0.128 e. The lowest BCUT2D eigenvalue weighted by molar-refractivity contribution is 0.540. The molecule has 0 amide bonds. The molecule has 4 nitrogen and oxygen atoms in total. The second-order valence-electron chi connectivity index (χ2n) is 4.41. The van der Waals surface area contributed by atoms with Crippen molar-refractivity contribution >= 4 is 44.6 Å². The third-order valence-corrected chi connectivity index (χ3v) is 3.55. The molecule has 3 N–H and O–H groups in total. The van der Waals surface area contributed by atoms with Crippen molar-refractivity contribution in [2.24, 2.45) is 5.73 Å². The van der Waals surface area contributed by atoms with Gasteiger partial charge in [-0.2, -0.15) is 5.10 Å². The number of rotatable bonds is 4. The summed E-state index contributed by atoms with van der Waals surface area (Å²) >= 11 is 8.57. The van der Waals surface area contributed by atoms with Crippen LogP contribution in [-0.4, -0.2) is 14.8 Å². The van der Waals surface area contributed by atoms with E-state index in [0.29, 0.717) is 4.99 Å². The minimum absolute atomic E-state index is 0.276. The summed E-state index contributed by atoms with van der Waals surface area (Å²) in [4.78, 5) is 0.352. The summed E-state index contributed by atoms with van der Waals surface area (Å²) in [7, 11) is 0. The molecule has 0 aliphatic rings. The lowest BCUT2D eigenvalue weighted by Gasteiger charge is -2.15. The van der Waals surface area contributed by atoms with E-state index in [4.69, 9.17) is 18.0 Å². The minimum Gasteiger partial charge on any atom is -0.389 e. The van der Waals surface area contributed by atoms with Gasteiger partial charge in [-0.25, -0.2) is 4.68 Å². The zero-order valence-electron chi connectivity index (χ0n) is 10.7. The summed E-state index contributed by atoms with van der Waals surface area (Å²) in [5.41, 5.74) is 7.45. The summed E-state index contributed by atoms with van der Waals surface area (Å²) in [6.45, 7) is 4.15. The maximum atomic E-state index is 5.78. The van der Waals surface area contributed by atoms with Crippen molar-refractivity contribution in [2.75, 3.05) is 5.32 Å². The molecule has 100 valence electrons. The first kappa shape index (κ1) is 14.0. The van der Waals surface area contributed by atoms with Crippen molar-refractivity contribution in [2.45, 2.75) is 19.9 Å². The van der Waals surface area contributed by atoms with Crippen LogP contribution in [0.3, 0.4) is 0 Å². The van der Waals surface area contributed by atoms with Crippen molar-refractivity contribution in [3.8, 4) is 0 Å². The van der Waals surface area contributed by atoms with Gasteiger partial charge in [-0.1, -0.05) is 18.3 Å². The second kappa shape index (κ2) is 5.71. The maximum Gasteiger partial charge on any atom is 0.128 e. The molecule has 2 aromatic rings. The summed E-state index contributed by atoms with van der Waals surface area (Å²) in [6.07, 6.45) is 1.76. The molecule has 1 aromatic carbocycles. The molecule has 0 aliphatic heterocycles. The Hall–Kier alpha value is -1.40. The number of thiocarbonyl (C=S) groups is 1. The van der Waals surface area contributed by atoms with Crippen LogP contribution >= 0.6 is 28.1 Å². The van der Waals surface area contributed by atoms with E-state index < -0.39 is 0 Å². The van der Waals surface area contributed by atoms with Gasteiger partial charge >= 0.3 is 0 Å². The number of benzene rings is 1. The average molecular weight is 339 g/mol. The number of hydrogen-bond donors (Lipinski definition) is 2. The Kier molecular flexibility index (Phi) is 4.21. The summed E-state index contributed by atoms with van der Waals surface area (Å²) < 4.78 is 2.78. The first-order valence-electron chi connectivity index (χ1n) is 5.89. The highest BCUT2D eigenvalue weighted by atomic mass is 79.9. The van der Waals surface area contributed by atoms with Crippen LogP contribution in [0.5, 0.6) is 0 Å². The quantitative estimate of drug-likeness (QED) is 0.836. The molecule has 0 aliphatic carbocycles. The lowest BCUT2D eigenvalue weighted by Crippen LogP contribution is -2.14. The lowest BCUT2D eigenvalue weighted by atomic mass is 10.2. The predicted molar refractivity (Wildman–Crippen MR) is 85.9 cm³/mol. The van der Waals surface area contributed by atoms with E-state index in [2.05, 4.69) is 40.2 Å². The Morgan fingerprint density at radius 3 is 2.79 bits per heavy atom. The Morgan fingerprint density at radius 1 is 1.42 bits per heavy atom. The van der Waals surface area contributed by atoms with E-state index in [-0.39, 0.29) is 6.04 Å². The van der Waals surface area contributed by atoms with E-state index >= 15 is 0 Å². The standard InChI is InChI=1S/C13H15BrN4S/c1-8(2)18-11(6-7-16-18)17-10-5-3-4-9(14)12(10)13(15)19/h3-8,17H,1-2H3,(H2,15,19). The summed E-state index contributed by atoms with van der Waals surface area (Å²) in [5, 5.41) is 7.61. The van der Waals surface area contributed by atoms with E-state index in [1.54, 1.807) is 6.20 Å². The molecule has 0 atom stereocenters. The molecule has 0 saturated heterocycles. The van der Waals surface area contributed by atoms with Crippen LogP contribution in [0, 0.1) is 0 Å². The molecule has 0 radical (unpaired) electrons. The van der Waals surface area contributed by atoms with Crippen LogP contribution in [0.1, 0.15) is 25.5 Å². The summed E-state index contributed by atoms with van der Waals surface area (Å²) in [6, 6.07) is 7.99. The van der Waals surface area contributed by atoms with E-state index in [9.17, 15) is 0 Å². The van der Waals surface area contributed by atoms with Gasteiger partial charge < -0.3 is 11.1 Å². The van der Waals surface area contributed by atoms with Gasteiger partial charge in [-0.05, 0) is 41.9 Å². The highest BCUT2D eigenvalue weighted by molar-refractivity contribution is 9.10. The number of nitrogens with one attached hydrogen (secondary N) is 1. The molecule has 19 heavy (non-hydrogen) atoms. The highest BCUT2D eigenvalue weighted by Crippen LogP contribution is 2.28. The Bertz CT molecular complexity index is 606. The normalized spacial score (nSPS) is 10.7. The molecule has 6 heteroatoms. The maximum absolute atomic E-state index is 5.78. The van der Waals surface area contributed by atoms with Crippen molar-refractivity contribution in [1.82, 2.24) is 9.78 Å². The largest absolute Gasteiger partial charge is 0.389 e. The first-order valence-corrected chi connectivity index (χ1v) is 7.09. The molecule has 0 fully saturated rings. The third kappa shape index (κ3) is 2.96. The summed E-state index contributed by atoms with van der Waals surface area (Å²) in [5.74, 6) is 0.908. The van der Waals surface area contributed by atoms with Crippen LogP contribution < -0.4 is 11.1 Å². The fourth-order valence-corrected chi connectivity index (χ4v) is 2.77. The Morgan fingerprint density at radius 2 is 2.16 bits per heavy atom. The molecule has 0 unspecified atom stereocenters. The fraction of sp³-hybridized carbons (Fsp3) is 0.231. The molecule has 1 aromatic heterocycles. The fourth-order valence-electron chi connectivity index (χ4n) is 1.84. The molecular formula is C13H15BrN4S. The van der Waals surface area contributed by atoms with Crippen molar-refractivity contribution in [3.05, 3.63) is 40.5 Å². The molecule has 0 bridgehead atoms. The molecule has 0 saturated carbocycles. The van der Waals surface area contributed by atoms with Gasteiger partial charge in [0.15, 0.2) is 0 Å². The van der Waals surface area contributed by atoms with E-state index in [1.165, 1.54) is 0 Å². The van der Waals surface area contributed by atoms with Crippen LogP contribution in [0.15, 0.2) is 34.9 Å². The predicted octanol–water partition coefficient (Wildman–Crippen LogP) is 3.60. The second-order valence-corrected chi connectivity index (χ2v) is 5.70. The number of nitrogens with two attached hydrogens (primary N) is 1. The molecule has 1 heterocycles. The van der Waals surface area contributed by atoms with E-state index in [1.807, 2.05) is 28.9 Å². The zero-order chi connectivity index (χ0) is 14.0. The van der Waals surface area contributed by atoms with Crippen LogP contribution in [0.4, 0.5) is 11.5 Å². The number of anilines is 2. The monoisotopic (exact) mass is 338 g/mol. The first-order chi connectivity index (χ1) is 9.00. The molecule has 0 spiro atoms. The number of nitrogens with zero attached hydrogens (tertiary/aromatic N) is 2. The average Bonchev–Trinajstić information content (AvgIpc) is 2.76. The topological polar surface area (TPSA) is 55.9 Å². The molecule has 2 rings (SSSR count). The Balaban J connectivity index is 2.41. The Labute approximate surface area is 126 Å². The SMILES string of the molecule is CC(C)n1nccc1Nc1cccc(Br)c1C(N)=S. The van der Waals surface area contributed by atoms with Crippen LogP contribution in [0.25, 0.3) is 0 Å². The number of halogens is 1. The van der Waals surface area contributed by atoms with E-state index in [0.717, 1.165) is 21.5 Å².